The number of hydrogen-bond donors (Lipinski definition) is 2. The van der Waals surface area contributed by atoms with E-state index in [1.165, 1.54) is 13.0 Å². The summed E-state index contributed by atoms with van der Waals surface area (Å²) < 4.78 is 51.5. The van der Waals surface area contributed by atoms with Gasteiger partial charge in [0.05, 0.1) is 11.3 Å². The van der Waals surface area contributed by atoms with E-state index in [4.69, 9.17) is 9.47 Å². The van der Waals surface area contributed by atoms with Crippen molar-refractivity contribution in [2.24, 2.45) is 0 Å². The first kappa shape index (κ1) is 21.5. The van der Waals surface area contributed by atoms with Crippen molar-refractivity contribution in [1.29, 1.82) is 0 Å². The molecule has 1 aliphatic heterocycles. The van der Waals surface area contributed by atoms with Crippen LogP contribution in [-0.2, 0) is 22.2 Å². The van der Waals surface area contributed by atoms with Gasteiger partial charge in [-0.3, -0.25) is 9.59 Å². The van der Waals surface area contributed by atoms with Crippen LogP contribution in [0, 0.1) is 0 Å². The Morgan fingerprint density at radius 2 is 1.90 bits per heavy atom. The van der Waals surface area contributed by atoms with Gasteiger partial charge in [-0.15, -0.1) is 0 Å². The SMILES string of the molecule is CC(=O)Nc1ccc(NC(=O)COc2cccc3c2OC(C)(C)C3)c(C(F)(F)F)c1. The Morgan fingerprint density at radius 1 is 1.17 bits per heavy atom. The quantitative estimate of drug-likeness (QED) is 0.749. The first-order valence-corrected chi connectivity index (χ1v) is 9.17. The van der Waals surface area contributed by atoms with Crippen LogP contribution < -0.4 is 20.1 Å². The summed E-state index contributed by atoms with van der Waals surface area (Å²) in [5.41, 5.74) is -0.996. The number of anilines is 2. The summed E-state index contributed by atoms with van der Waals surface area (Å²) in [7, 11) is 0. The summed E-state index contributed by atoms with van der Waals surface area (Å²) in [6, 6.07) is 8.41. The predicted molar refractivity (Wildman–Crippen MR) is 105 cm³/mol. The second-order valence-electron chi connectivity index (χ2n) is 7.56. The minimum Gasteiger partial charge on any atom is -0.483 e. The highest BCUT2D eigenvalue weighted by molar-refractivity contribution is 5.94. The van der Waals surface area contributed by atoms with E-state index in [2.05, 4.69) is 10.6 Å². The lowest BCUT2D eigenvalue weighted by molar-refractivity contribution is -0.137. The number of benzene rings is 2. The first-order valence-electron chi connectivity index (χ1n) is 9.17. The van der Waals surface area contributed by atoms with Gasteiger partial charge in [0.25, 0.3) is 5.91 Å². The van der Waals surface area contributed by atoms with E-state index in [1.54, 1.807) is 12.1 Å². The molecule has 6 nitrogen and oxygen atoms in total. The molecule has 0 saturated carbocycles. The van der Waals surface area contributed by atoms with Gasteiger partial charge in [-0.25, -0.2) is 0 Å². The van der Waals surface area contributed by atoms with Gasteiger partial charge >= 0.3 is 6.18 Å². The second-order valence-corrected chi connectivity index (χ2v) is 7.56. The Kier molecular flexibility index (Phi) is 5.65. The fraction of sp³-hybridized carbons (Fsp3) is 0.333. The van der Waals surface area contributed by atoms with Gasteiger partial charge in [0.2, 0.25) is 5.91 Å². The summed E-state index contributed by atoms with van der Waals surface area (Å²) in [4.78, 5) is 23.3. The predicted octanol–water partition coefficient (Wildman–Crippen LogP) is 4.39. The molecular formula is C21H21F3N2O4. The average molecular weight is 422 g/mol. The van der Waals surface area contributed by atoms with Gasteiger partial charge in [0, 0.05) is 24.6 Å². The Morgan fingerprint density at radius 3 is 2.57 bits per heavy atom. The second kappa shape index (κ2) is 7.89. The van der Waals surface area contributed by atoms with Crippen LogP contribution in [0.4, 0.5) is 24.5 Å². The molecule has 0 radical (unpaired) electrons. The highest BCUT2D eigenvalue weighted by Gasteiger charge is 2.35. The third-order valence-electron chi connectivity index (χ3n) is 4.33. The highest BCUT2D eigenvalue weighted by atomic mass is 19.4. The van der Waals surface area contributed by atoms with Gasteiger partial charge in [-0.05, 0) is 38.1 Å². The number of carbonyl (C=O) groups excluding carboxylic acids is 2. The van der Waals surface area contributed by atoms with Crippen LogP contribution in [0.5, 0.6) is 11.5 Å². The van der Waals surface area contributed by atoms with Crippen molar-refractivity contribution in [3.63, 3.8) is 0 Å². The zero-order valence-electron chi connectivity index (χ0n) is 16.6. The number of halogens is 3. The van der Waals surface area contributed by atoms with Crippen LogP contribution in [-0.4, -0.2) is 24.0 Å². The number of alkyl halides is 3. The van der Waals surface area contributed by atoms with Gasteiger partial charge < -0.3 is 20.1 Å². The standard InChI is InChI=1S/C21H21F3N2O4/c1-12(27)25-14-7-8-16(15(9-14)21(22,23)24)26-18(28)11-29-17-6-4-5-13-10-20(2,3)30-19(13)17/h4-9H,10-11H2,1-3H3,(H,25,27)(H,26,28). The smallest absolute Gasteiger partial charge is 0.418 e. The number of fused-ring (bicyclic) bond motifs is 1. The maximum absolute atomic E-state index is 13.4. The third kappa shape index (κ3) is 5.03. The van der Waals surface area contributed by atoms with Crippen molar-refractivity contribution in [3.05, 3.63) is 47.5 Å². The number of ether oxygens (including phenoxy) is 2. The van der Waals surface area contributed by atoms with Crippen molar-refractivity contribution in [1.82, 2.24) is 0 Å². The van der Waals surface area contributed by atoms with Gasteiger partial charge in [-0.1, -0.05) is 12.1 Å². The molecule has 1 heterocycles. The molecule has 160 valence electrons. The van der Waals surface area contributed by atoms with E-state index in [0.29, 0.717) is 17.9 Å². The van der Waals surface area contributed by atoms with E-state index in [1.807, 2.05) is 19.9 Å². The third-order valence-corrected chi connectivity index (χ3v) is 4.33. The summed E-state index contributed by atoms with van der Waals surface area (Å²) in [5.74, 6) is -0.382. The molecule has 0 fully saturated rings. The molecule has 9 heteroatoms. The van der Waals surface area contributed by atoms with Crippen molar-refractivity contribution >= 4 is 23.2 Å². The average Bonchev–Trinajstić information content (AvgIpc) is 2.94. The molecule has 0 aromatic heterocycles. The van der Waals surface area contributed by atoms with Crippen LogP contribution in [0.15, 0.2) is 36.4 Å². The summed E-state index contributed by atoms with van der Waals surface area (Å²) in [5, 5.41) is 4.50. The summed E-state index contributed by atoms with van der Waals surface area (Å²) in [6.45, 7) is 4.54. The van der Waals surface area contributed by atoms with E-state index in [-0.39, 0.29) is 5.69 Å². The summed E-state index contributed by atoms with van der Waals surface area (Å²) in [6.07, 6.45) is -4.04. The maximum atomic E-state index is 13.4. The minimum atomic E-state index is -4.72. The normalized spacial score (nSPS) is 14.5. The minimum absolute atomic E-state index is 0.0244. The molecule has 1 aliphatic rings. The molecule has 0 saturated heterocycles. The van der Waals surface area contributed by atoms with Gasteiger partial charge in [0.1, 0.15) is 5.60 Å². The van der Waals surface area contributed by atoms with Crippen molar-refractivity contribution in [3.8, 4) is 11.5 Å². The zero-order chi connectivity index (χ0) is 22.1. The Hall–Kier alpha value is -3.23. The molecule has 0 unspecified atom stereocenters. The largest absolute Gasteiger partial charge is 0.483 e. The number of para-hydroxylation sites is 1. The van der Waals surface area contributed by atoms with E-state index >= 15 is 0 Å². The Balaban J connectivity index is 1.72. The van der Waals surface area contributed by atoms with E-state index < -0.39 is 41.4 Å². The Bertz CT molecular complexity index is 987. The summed E-state index contributed by atoms with van der Waals surface area (Å²) >= 11 is 0. The number of nitrogens with one attached hydrogen (secondary N) is 2. The molecule has 0 spiro atoms. The molecule has 30 heavy (non-hydrogen) atoms. The number of rotatable bonds is 5. The van der Waals surface area contributed by atoms with Crippen LogP contribution in [0.1, 0.15) is 31.9 Å². The zero-order valence-corrected chi connectivity index (χ0v) is 16.6. The topological polar surface area (TPSA) is 76.7 Å². The first-order chi connectivity index (χ1) is 13.9. The van der Waals surface area contributed by atoms with Crippen molar-refractivity contribution < 1.29 is 32.2 Å². The molecular weight excluding hydrogens is 401 g/mol. The van der Waals surface area contributed by atoms with Gasteiger partial charge in [-0.2, -0.15) is 13.2 Å². The lowest BCUT2D eigenvalue weighted by atomic mass is 10.0. The van der Waals surface area contributed by atoms with Crippen LogP contribution in [0.2, 0.25) is 0 Å². The molecule has 3 rings (SSSR count). The fourth-order valence-electron chi connectivity index (χ4n) is 3.20. The van der Waals surface area contributed by atoms with E-state index in [0.717, 1.165) is 17.7 Å². The lowest BCUT2D eigenvalue weighted by Crippen LogP contribution is -2.25. The maximum Gasteiger partial charge on any atom is 0.418 e. The molecule has 0 atom stereocenters. The van der Waals surface area contributed by atoms with Crippen molar-refractivity contribution in [2.45, 2.75) is 39.0 Å². The number of carbonyl (C=O) groups is 2. The molecule has 0 aliphatic carbocycles. The molecule has 2 aromatic rings. The molecule has 2 aromatic carbocycles. The van der Waals surface area contributed by atoms with E-state index in [9.17, 15) is 22.8 Å². The highest BCUT2D eigenvalue weighted by Crippen LogP contribution is 2.42. The van der Waals surface area contributed by atoms with Crippen molar-refractivity contribution in [2.75, 3.05) is 17.2 Å². The fourth-order valence-corrected chi connectivity index (χ4v) is 3.20. The Labute approximate surface area is 171 Å². The number of hydrogen-bond acceptors (Lipinski definition) is 4. The monoisotopic (exact) mass is 422 g/mol. The van der Waals surface area contributed by atoms with Crippen LogP contribution in [0.25, 0.3) is 0 Å². The van der Waals surface area contributed by atoms with Crippen LogP contribution >= 0.6 is 0 Å². The molecule has 2 amide bonds. The van der Waals surface area contributed by atoms with Gasteiger partial charge in [0.15, 0.2) is 18.1 Å². The molecule has 0 bridgehead atoms. The lowest BCUT2D eigenvalue weighted by Gasteiger charge is -2.18. The van der Waals surface area contributed by atoms with Crippen LogP contribution in [0.3, 0.4) is 0 Å². The molecule has 2 N–H and O–H groups in total. The number of amides is 2.